The van der Waals surface area contributed by atoms with Crippen molar-refractivity contribution in [3.8, 4) is 17.2 Å². The minimum absolute atomic E-state index is 0.0224. The van der Waals surface area contributed by atoms with Crippen LogP contribution in [0.15, 0.2) is 78.9 Å². The second kappa shape index (κ2) is 11.8. The summed E-state index contributed by atoms with van der Waals surface area (Å²) in [5.41, 5.74) is 3.76. The summed E-state index contributed by atoms with van der Waals surface area (Å²) in [6, 6.07) is 21.3. The van der Waals surface area contributed by atoms with E-state index in [1.54, 1.807) is 36.4 Å². The van der Waals surface area contributed by atoms with Gasteiger partial charge in [0.05, 0.1) is 11.7 Å². The molecule has 1 aliphatic heterocycles. The summed E-state index contributed by atoms with van der Waals surface area (Å²) < 4.78 is 18.7. The van der Waals surface area contributed by atoms with Crippen LogP contribution in [0, 0.1) is 5.92 Å². The van der Waals surface area contributed by atoms with Crippen molar-refractivity contribution in [1.82, 2.24) is 0 Å². The van der Waals surface area contributed by atoms with Gasteiger partial charge in [0, 0.05) is 22.4 Å². The third kappa shape index (κ3) is 6.84. The standard InChI is InChI=1S/C33H37ClO5/c1-20(2)22-7-9-23(10-8-22)29-18-27(21(3)4)32(39-33(29,5)6)28-17-26(15-16-30(28)37-19-31(35)36)38-25-13-11-24(34)12-14-25/h7-17,20,27,29,32H,3,18-19H2,1-2,4-6H3,(H,35,36)/t27-,29-,32+/m0/s1. The van der Waals surface area contributed by atoms with Gasteiger partial charge < -0.3 is 19.3 Å². The Morgan fingerprint density at radius 2 is 1.72 bits per heavy atom. The highest BCUT2D eigenvalue weighted by Crippen LogP contribution is 2.52. The quantitative estimate of drug-likeness (QED) is 0.270. The van der Waals surface area contributed by atoms with E-state index in [4.69, 9.17) is 25.8 Å². The van der Waals surface area contributed by atoms with Gasteiger partial charge in [0.25, 0.3) is 0 Å². The fourth-order valence-corrected chi connectivity index (χ4v) is 5.39. The first kappa shape index (κ1) is 28.7. The first-order valence-corrected chi connectivity index (χ1v) is 13.7. The molecule has 3 atom stereocenters. The molecule has 4 rings (SSSR count). The van der Waals surface area contributed by atoms with Crippen LogP contribution in [0.1, 0.15) is 75.7 Å². The van der Waals surface area contributed by atoms with Gasteiger partial charge >= 0.3 is 5.97 Å². The van der Waals surface area contributed by atoms with Crippen molar-refractivity contribution in [2.45, 2.75) is 64.6 Å². The normalized spacial score (nSPS) is 20.4. The Balaban J connectivity index is 1.71. The van der Waals surface area contributed by atoms with Gasteiger partial charge in [-0.2, -0.15) is 0 Å². The molecule has 3 aromatic rings. The zero-order valence-electron chi connectivity index (χ0n) is 23.2. The molecule has 206 valence electrons. The molecule has 1 saturated heterocycles. The molecule has 0 saturated carbocycles. The van der Waals surface area contributed by atoms with Crippen molar-refractivity contribution in [3.05, 3.63) is 101 Å². The Labute approximate surface area is 236 Å². The topological polar surface area (TPSA) is 65.0 Å². The molecule has 1 N–H and O–H groups in total. The van der Waals surface area contributed by atoms with Gasteiger partial charge in [-0.1, -0.05) is 61.9 Å². The molecule has 0 aliphatic carbocycles. The number of ether oxygens (including phenoxy) is 3. The average Bonchev–Trinajstić information content (AvgIpc) is 2.88. The molecule has 0 unspecified atom stereocenters. The number of aliphatic carboxylic acids is 1. The molecule has 6 heteroatoms. The minimum Gasteiger partial charge on any atom is -0.482 e. The van der Waals surface area contributed by atoms with Gasteiger partial charge in [-0.3, -0.25) is 0 Å². The second-order valence-corrected chi connectivity index (χ2v) is 11.6. The van der Waals surface area contributed by atoms with Crippen LogP contribution in [0.3, 0.4) is 0 Å². The highest BCUT2D eigenvalue weighted by molar-refractivity contribution is 6.30. The van der Waals surface area contributed by atoms with Crippen molar-refractivity contribution < 1.29 is 24.1 Å². The molecular formula is C33H37ClO5. The summed E-state index contributed by atoms with van der Waals surface area (Å²) in [5.74, 6) is 1.22. The fourth-order valence-electron chi connectivity index (χ4n) is 5.27. The first-order chi connectivity index (χ1) is 18.4. The highest BCUT2D eigenvalue weighted by atomic mass is 35.5. The third-order valence-electron chi connectivity index (χ3n) is 7.45. The van der Waals surface area contributed by atoms with E-state index < -0.39 is 24.3 Å². The predicted molar refractivity (Wildman–Crippen MR) is 155 cm³/mol. The Morgan fingerprint density at radius 1 is 1.08 bits per heavy atom. The maximum atomic E-state index is 11.3. The minimum atomic E-state index is -1.05. The fraction of sp³-hybridized carbons (Fsp3) is 0.364. The molecule has 0 radical (unpaired) electrons. The van der Waals surface area contributed by atoms with Gasteiger partial charge in [0.2, 0.25) is 0 Å². The van der Waals surface area contributed by atoms with E-state index in [9.17, 15) is 9.90 Å². The lowest BCUT2D eigenvalue weighted by Gasteiger charge is -2.48. The predicted octanol–water partition coefficient (Wildman–Crippen LogP) is 8.94. The van der Waals surface area contributed by atoms with E-state index in [0.717, 1.165) is 17.6 Å². The van der Waals surface area contributed by atoms with Gasteiger partial charge in [-0.15, -0.1) is 0 Å². The number of halogens is 1. The monoisotopic (exact) mass is 548 g/mol. The number of hydrogen-bond acceptors (Lipinski definition) is 4. The molecule has 0 aromatic heterocycles. The first-order valence-electron chi connectivity index (χ1n) is 13.3. The van der Waals surface area contributed by atoms with E-state index in [0.29, 0.717) is 28.2 Å². The lowest BCUT2D eigenvalue weighted by atomic mass is 9.71. The molecule has 1 fully saturated rings. The molecule has 1 heterocycles. The Morgan fingerprint density at radius 3 is 2.31 bits per heavy atom. The van der Waals surface area contributed by atoms with Gasteiger partial charge in [-0.05, 0) is 86.7 Å². The molecule has 0 spiro atoms. The largest absolute Gasteiger partial charge is 0.482 e. The highest BCUT2D eigenvalue weighted by Gasteiger charge is 2.45. The summed E-state index contributed by atoms with van der Waals surface area (Å²) in [6.07, 6.45) is 0.426. The van der Waals surface area contributed by atoms with Crippen LogP contribution in [0.25, 0.3) is 0 Å². The second-order valence-electron chi connectivity index (χ2n) is 11.1. The van der Waals surface area contributed by atoms with Crippen LogP contribution in [-0.4, -0.2) is 23.3 Å². The number of carboxylic acids is 1. The van der Waals surface area contributed by atoms with E-state index in [-0.39, 0.29) is 11.8 Å². The summed E-state index contributed by atoms with van der Waals surface area (Å²) >= 11 is 6.03. The Kier molecular flexibility index (Phi) is 8.73. The number of benzene rings is 3. The van der Waals surface area contributed by atoms with Crippen molar-refractivity contribution in [3.63, 3.8) is 0 Å². The smallest absolute Gasteiger partial charge is 0.341 e. The average molecular weight is 549 g/mol. The van der Waals surface area contributed by atoms with Crippen molar-refractivity contribution >= 4 is 17.6 Å². The third-order valence-corrected chi connectivity index (χ3v) is 7.70. The molecule has 3 aromatic carbocycles. The van der Waals surface area contributed by atoms with Crippen molar-refractivity contribution in [1.29, 1.82) is 0 Å². The number of rotatable bonds is 9. The number of carboxylic acid groups (broad SMARTS) is 1. The van der Waals surface area contributed by atoms with Crippen molar-refractivity contribution in [2.75, 3.05) is 6.61 Å². The number of carbonyl (C=O) groups is 1. The van der Waals surface area contributed by atoms with Crippen LogP contribution in [-0.2, 0) is 9.53 Å². The summed E-state index contributed by atoms with van der Waals surface area (Å²) in [5, 5.41) is 9.90. The lowest BCUT2D eigenvalue weighted by Crippen LogP contribution is -2.43. The summed E-state index contributed by atoms with van der Waals surface area (Å²) in [4.78, 5) is 11.3. The SMILES string of the molecule is C=C(C)[C@@H]1C[C@@H](c2ccc(C(C)C)cc2)C(C)(C)O[C@H]1c1cc(Oc2ccc(Cl)cc2)ccc1OCC(=O)O. The van der Waals surface area contributed by atoms with E-state index in [1.807, 2.05) is 13.0 Å². The van der Waals surface area contributed by atoms with Gasteiger partial charge in [0.15, 0.2) is 6.61 Å². The molecule has 5 nitrogen and oxygen atoms in total. The van der Waals surface area contributed by atoms with Crippen LogP contribution in [0.4, 0.5) is 0 Å². The van der Waals surface area contributed by atoms with E-state index in [2.05, 4.69) is 58.5 Å². The van der Waals surface area contributed by atoms with Crippen LogP contribution in [0.2, 0.25) is 5.02 Å². The lowest BCUT2D eigenvalue weighted by molar-refractivity contribution is -0.145. The zero-order valence-corrected chi connectivity index (χ0v) is 24.0. The zero-order chi connectivity index (χ0) is 28.3. The molecule has 1 aliphatic rings. The van der Waals surface area contributed by atoms with E-state index >= 15 is 0 Å². The molecular weight excluding hydrogens is 512 g/mol. The van der Waals surface area contributed by atoms with Gasteiger partial charge in [0.1, 0.15) is 17.2 Å². The summed E-state index contributed by atoms with van der Waals surface area (Å²) in [7, 11) is 0. The summed E-state index contributed by atoms with van der Waals surface area (Å²) in [6.45, 7) is 14.5. The van der Waals surface area contributed by atoms with Crippen LogP contribution in [0.5, 0.6) is 17.2 Å². The maximum Gasteiger partial charge on any atom is 0.341 e. The van der Waals surface area contributed by atoms with E-state index in [1.165, 1.54) is 11.1 Å². The Bertz CT molecular complexity index is 1310. The van der Waals surface area contributed by atoms with Crippen LogP contribution < -0.4 is 9.47 Å². The number of hydrogen-bond donors (Lipinski definition) is 1. The maximum absolute atomic E-state index is 11.3. The van der Waals surface area contributed by atoms with Crippen molar-refractivity contribution in [2.24, 2.45) is 5.92 Å². The van der Waals surface area contributed by atoms with Gasteiger partial charge in [-0.25, -0.2) is 4.79 Å². The molecule has 0 amide bonds. The molecule has 39 heavy (non-hydrogen) atoms. The Hall–Kier alpha value is -3.28. The van der Waals surface area contributed by atoms with Crippen LogP contribution >= 0.6 is 11.6 Å². The molecule has 0 bridgehead atoms.